The summed E-state index contributed by atoms with van der Waals surface area (Å²) >= 11 is 0. The zero-order chi connectivity index (χ0) is 11.2. The number of benzene rings is 1. The van der Waals surface area contributed by atoms with Gasteiger partial charge in [0.25, 0.3) is 0 Å². The summed E-state index contributed by atoms with van der Waals surface area (Å²) in [4.78, 5) is 0. The van der Waals surface area contributed by atoms with Crippen LogP contribution in [0.2, 0.25) is 0 Å². The number of rotatable bonds is 1. The lowest BCUT2D eigenvalue weighted by Gasteiger charge is -2.24. The summed E-state index contributed by atoms with van der Waals surface area (Å²) in [5.41, 5.74) is 1.75. The highest BCUT2D eigenvalue weighted by molar-refractivity contribution is 5.26. The Morgan fingerprint density at radius 3 is 2.69 bits per heavy atom. The van der Waals surface area contributed by atoms with E-state index in [2.05, 4.69) is 54.8 Å². The second-order valence-corrected chi connectivity index (χ2v) is 5.79. The summed E-state index contributed by atoms with van der Waals surface area (Å²) in [6.07, 6.45) is 1.24. The first kappa shape index (κ1) is 10.3. The van der Waals surface area contributed by atoms with Gasteiger partial charge < -0.3 is 10.6 Å². The average molecular weight is 216 g/mol. The predicted octanol–water partition coefficient (Wildman–Crippen LogP) is 1.88. The van der Waals surface area contributed by atoms with E-state index in [-0.39, 0.29) is 5.54 Å². The van der Waals surface area contributed by atoms with Crippen molar-refractivity contribution in [3.8, 4) is 0 Å². The Morgan fingerprint density at radius 2 is 1.94 bits per heavy atom. The summed E-state index contributed by atoms with van der Waals surface area (Å²) in [6, 6.07) is 12.1. The lowest BCUT2D eigenvalue weighted by atomic mass is 9.92. The van der Waals surface area contributed by atoms with E-state index in [1.807, 2.05) is 0 Å². The molecule has 0 aliphatic carbocycles. The van der Waals surface area contributed by atoms with Gasteiger partial charge in [0, 0.05) is 30.1 Å². The van der Waals surface area contributed by atoms with Crippen LogP contribution in [0.1, 0.15) is 31.7 Å². The van der Waals surface area contributed by atoms with Gasteiger partial charge in [0.1, 0.15) is 0 Å². The first-order valence-corrected chi connectivity index (χ1v) is 6.22. The fourth-order valence-electron chi connectivity index (χ4n) is 3.30. The van der Waals surface area contributed by atoms with Crippen LogP contribution in [0.5, 0.6) is 0 Å². The summed E-state index contributed by atoms with van der Waals surface area (Å²) < 4.78 is 0. The van der Waals surface area contributed by atoms with Crippen LogP contribution >= 0.6 is 0 Å². The van der Waals surface area contributed by atoms with E-state index in [0.29, 0.717) is 18.0 Å². The van der Waals surface area contributed by atoms with Crippen LogP contribution in [0.25, 0.3) is 0 Å². The zero-order valence-corrected chi connectivity index (χ0v) is 10.0. The maximum absolute atomic E-state index is 3.78. The third-order valence-corrected chi connectivity index (χ3v) is 3.98. The van der Waals surface area contributed by atoms with Crippen molar-refractivity contribution < 1.29 is 0 Å². The minimum atomic E-state index is 0.287. The van der Waals surface area contributed by atoms with Crippen LogP contribution in [0.15, 0.2) is 30.3 Å². The molecule has 1 aromatic carbocycles. The van der Waals surface area contributed by atoms with Crippen molar-refractivity contribution in [1.82, 2.24) is 10.6 Å². The molecule has 86 valence electrons. The van der Waals surface area contributed by atoms with Crippen LogP contribution in [0.4, 0.5) is 0 Å². The Bertz CT molecular complexity index is 372. The van der Waals surface area contributed by atoms with Crippen LogP contribution in [-0.2, 0) is 0 Å². The molecular weight excluding hydrogens is 196 g/mol. The lowest BCUT2D eigenvalue weighted by molar-refractivity contribution is 0.403. The summed E-state index contributed by atoms with van der Waals surface area (Å²) in [6.45, 7) is 5.71. The topological polar surface area (TPSA) is 24.1 Å². The highest BCUT2D eigenvalue weighted by atomic mass is 15.2. The van der Waals surface area contributed by atoms with Crippen molar-refractivity contribution in [2.75, 3.05) is 6.54 Å². The van der Waals surface area contributed by atoms with Crippen molar-refractivity contribution in [2.45, 2.75) is 43.8 Å². The Kier molecular flexibility index (Phi) is 2.30. The maximum atomic E-state index is 3.78. The predicted molar refractivity (Wildman–Crippen MR) is 66.6 cm³/mol. The smallest absolute Gasteiger partial charge is 0.0307 e. The molecule has 0 aromatic heterocycles. The van der Waals surface area contributed by atoms with Gasteiger partial charge >= 0.3 is 0 Å². The molecule has 2 nitrogen and oxygen atoms in total. The molecule has 2 N–H and O–H groups in total. The normalized spacial score (nSPS) is 36.2. The molecule has 0 spiro atoms. The van der Waals surface area contributed by atoms with Gasteiger partial charge in [-0.25, -0.2) is 0 Å². The number of fused-ring (bicyclic) bond motifs is 1. The van der Waals surface area contributed by atoms with E-state index < -0.39 is 0 Å². The van der Waals surface area contributed by atoms with Gasteiger partial charge in [-0.1, -0.05) is 30.3 Å². The number of hydrogen-bond donors (Lipinski definition) is 2. The van der Waals surface area contributed by atoms with Crippen molar-refractivity contribution in [1.29, 1.82) is 0 Å². The Balaban J connectivity index is 1.84. The molecular formula is C14H20N2. The van der Waals surface area contributed by atoms with Crippen molar-refractivity contribution in [3.05, 3.63) is 35.9 Å². The fraction of sp³-hybridized carbons (Fsp3) is 0.571. The molecule has 0 radical (unpaired) electrons. The first-order chi connectivity index (χ1) is 7.66. The zero-order valence-electron chi connectivity index (χ0n) is 10.0. The molecule has 2 aliphatic heterocycles. The Morgan fingerprint density at radius 1 is 1.19 bits per heavy atom. The average Bonchev–Trinajstić information content (AvgIpc) is 2.74. The molecule has 1 aromatic rings. The van der Waals surface area contributed by atoms with Gasteiger partial charge in [-0.3, -0.25) is 0 Å². The SMILES string of the molecule is CC1(C)CC2NCC(c3ccccc3)C2N1. The van der Waals surface area contributed by atoms with Gasteiger partial charge in [0.05, 0.1) is 0 Å². The third kappa shape index (κ3) is 1.66. The minimum Gasteiger partial charge on any atom is -0.312 e. The van der Waals surface area contributed by atoms with Crippen molar-refractivity contribution in [3.63, 3.8) is 0 Å². The molecule has 2 fully saturated rings. The quantitative estimate of drug-likeness (QED) is 0.749. The number of nitrogens with one attached hydrogen (secondary N) is 2. The van der Waals surface area contributed by atoms with Gasteiger partial charge in [0.15, 0.2) is 0 Å². The molecule has 0 saturated carbocycles. The van der Waals surface area contributed by atoms with E-state index >= 15 is 0 Å². The molecule has 2 saturated heterocycles. The van der Waals surface area contributed by atoms with E-state index in [9.17, 15) is 0 Å². The fourth-order valence-corrected chi connectivity index (χ4v) is 3.30. The van der Waals surface area contributed by atoms with Crippen LogP contribution in [0, 0.1) is 0 Å². The Hall–Kier alpha value is -0.860. The van der Waals surface area contributed by atoms with Gasteiger partial charge in [-0.15, -0.1) is 0 Å². The summed E-state index contributed by atoms with van der Waals surface area (Å²) in [7, 11) is 0. The molecule has 3 unspecified atom stereocenters. The molecule has 2 heteroatoms. The van der Waals surface area contributed by atoms with E-state index in [4.69, 9.17) is 0 Å². The monoisotopic (exact) mass is 216 g/mol. The van der Waals surface area contributed by atoms with Crippen molar-refractivity contribution >= 4 is 0 Å². The highest BCUT2D eigenvalue weighted by Crippen LogP contribution is 2.35. The standard InChI is InChI=1S/C14H20N2/c1-14(2)8-12-13(16-14)11(9-15-12)10-6-4-3-5-7-10/h3-7,11-13,15-16H,8-9H2,1-2H3. The molecule has 0 amide bonds. The lowest BCUT2D eigenvalue weighted by Crippen LogP contribution is -2.40. The molecule has 2 heterocycles. The van der Waals surface area contributed by atoms with Crippen molar-refractivity contribution in [2.24, 2.45) is 0 Å². The molecule has 3 atom stereocenters. The van der Waals surface area contributed by atoms with Crippen LogP contribution in [0.3, 0.4) is 0 Å². The largest absolute Gasteiger partial charge is 0.312 e. The third-order valence-electron chi connectivity index (χ3n) is 3.98. The molecule has 3 rings (SSSR count). The number of hydrogen-bond acceptors (Lipinski definition) is 2. The van der Waals surface area contributed by atoms with Gasteiger partial charge in [0.2, 0.25) is 0 Å². The van der Waals surface area contributed by atoms with Gasteiger partial charge in [-0.2, -0.15) is 0 Å². The van der Waals surface area contributed by atoms with Gasteiger partial charge in [-0.05, 0) is 25.8 Å². The van der Waals surface area contributed by atoms with Crippen LogP contribution in [-0.4, -0.2) is 24.2 Å². The first-order valence-electron chi connectivity index (χ1n) is 6.22. The Labute approximate surface area is 97.4 Å². The maximum Gasteiger partial charge on any atom is 0.0307 e. The van der Waals surface area contributed by atoms with E-state index in [1.54, 1.807) is 0 Å². The summed E-state index contributed by atoms with van der Waals surface area (Å²) in [5, 5.41) is 7.44. The highest BCUT2D eigenvalue weighted by Gasteiger charge is 2.46. The second kappa shape index (κ2) is 3.57. The van der Waals surface area contributed by atoms with E-state index in [0.717, 1.165) is 6.54 Å². The molecule has 16 heavy (non-hydrogen) atoms. The van der Waals surface area contributed by atoms with E-state index in [1.165, 1.54) is 12.0 Å². The molecule has 2 aliphatic rings. The second-order valence-electron chi connectivity index (χ2n) is 5.79. The molecule has 0 bridgehead atoms. The van der Waals surface area contributed by atoms with Crippen LogP contribution < -0.4 is 10.6 Å². The minimum absolute atomic E-state index is 0.287. The summed E-state index contributed by atoms with van der Waals surface area (Å²) in [5.74, 6) is 0.632.